The van der Waals surface area contributed by atoms with Gasteiger partial charge < -0.3 is 10.6 Å². The first kappa shape index (κ1) is 9.52. The van der Waals surface area contributed by atoms with Gasteiger partial charge in [0.2, 0.25) is 5.91 Å². The van der Waals surface area contributed by atoms with Gasteiger partial charge in [0.25, 0.3) is 0 Å². The molecule has 2 N–H and O–H groups in total. The summed E-state index contributed by atoms with van der Waals surface area (Å²) < 4.78 is 0. The van der Waals surface area contributed by atoms with Gasteiger partial charge in [0, 0.05) is 26.1 Å². The number of likely N-dealkylation sites (tertiary alicyclic amines) is 1. The molecule has 1 rings (SSSR count). The summed E-state index contributed by atoms with van der Waals surface area (Å²) in [5, 5.41) is 0. The fourth-order valence-electron chi connectivity index (χ4n) is 1.80. The smallest absolute Gasteiger partial charge is 0.219 e. The average Bonchev–Trinajstić information content (AvgIpc) is 2.03. The first-order valence-corrected chi connectivity index (χ1v) is 4.64. The van der Waals surface area contributed by atoms with E-state index >= 15 is 0 Å². The second kappa shape index (κ2) is 3.90. The Morgan fingerprint density at radius 3 is 2.75 bits per heavy atom. The summed E-state index contributed by atoms with van der Waals surface area (Å²) in [7, 11) is 0. The number of piperidine rings is 1. The van der Waals surface area contributed by atoms with Crippen LogP contribution in [0.25, 0.3) is 0 Å². The van der Waals surface area contributed by atoms with Crippen molar-refractivity contribution in [3.63, 3.8) is 0 Å². The van der Waals surface area contributed by atoms with Gasteiger partial charge in [-0.1, -0.05) is 13.3 Å². The van der Waals surface area contributed by atoms with Gasteiger partial charge in [0.15, 0.2) is 0 Å². The second-order valence-corrected chi connectivity index (χ2v) is 3.69. The molecule has 2 atom stereocenters. The number of carbonyl (C=O) groups is 1. The van der Waals surface area contributed by atoms with E-state index in [0.717, 1.165) is 25.9 Å². The highest BCUT2D eigenvalue weighted by Gasteiger charge is 2.24. The Kier molecular flexibility index (Phi) is 3.09. The quantitative estimate of drug-likeness (QED) is 0.626. The minimum Gasteiger partial charge on any atom is -0.341 e. The highest BCUT2D eigenvalue weighted by Crippen LogP contribution is 2.18. The fraction of sp³-hybridized carbons (Fsp3) is 0.889. The number of rotatable bonds is 1. The van der Waals surface area contributed by atoms with Gasteiger partial charge in [-0.25, -0.2) is 0 Å². The molecule has 3 nitrogen and oxygen atoms in total. The molecule has 0 aliphatic carbocycles. The molecular weight excluding hydrogens is 152 g/mol. The van der Waals surface area contributed by atoms with E-state index in [0.29, 0.717) is 5.92 Å². The van der Waals surface area contributed by atoms with Crippen molar-refractivity contribution >= 4 is 5.91 Å². The van der Waals surface area contributed by atoms with Crippen LogP contribution in [0.3, 0.4) is 0 Å². The van der Waals surface area contributed by atoms with Crippen LogP contribution in [-0.2, 0) is 4.79 Å². The monoisotopic (exact) mass is 170 g/mol. The van der Waals surface area contributed by atoms with Crippen molar-refractivity contribution in [2.45, 2.75) is 32.7 Å². The third-order valence-electron chi connectivity index (χ3n) is 2.59. The third kappa shape index (κ3) is 2.21. The van der Waals surface area contributed by atoms with Gasteiger partial charge in [0.05, 0.1) is 0 Å². The number of nitrogens with two attached hydrogens (primary N) is 1. The zero-order chi connectivity index (χ0) is 9.14. The normalized spacial score (nSPS) is 30.4. The van der Waals surface area contributed by atoms with E-state index < -0.39 is 0 Å². The van der Waals surface area contributed by atoms with Crippen LogP contribution in [0.2, 0.25) is 0 Å². The van der Waals surface area contributed by atoms with Crippen molar-refractivity contribution in [1.29, 1.82) is 0 Å². The minimum absolute atomic E-state index is 0.156. The standard InChI is InChI=1S/C9H18N2O/c1-3-8-4-9(10)6-11(5-8)7(2)12/h8-9H,3-6,10H2,1-2H3. The molecule has 1 heterocycles. The van der Waals surface area contributed by atoms with Crippen LogP contribution in [0, 0.1) is 5.92 Å². The predicted octanol–water partition coefficient (Wildman–Crippen LogP) is 0.592. The molecule has 0 aromatic heterocycles. The van der Waals surface area contributed by atoms with Gasteiger partial charge in [0.1, 0.15) is 0 Å². The molecule has 1 aliphatic rings. The Hall–Kier alpha value is -0.570. The van der Waals surface area contributed by atoms with Crippen LogP contribution in [-0.4, -0.2) is 29.9 Å². The lowest BCUT2D eigenvalue weighted by Gasteiger charge is -2.35. The van der Waals surface area contributed by atoms with Crippen LogP contribution in [0.1, 0.15) is 26.7 Å². The van der Waals surface area contributed by atoms with Gasteiger partial charge in [-0.15, -0.1) is 0 Å². The molecule has 1 amide bonds. The maximum Gasteiger partial charge on any atom is 0.219 e. The molecule has 1 fully saturated rings. The first-order valence-electron chi connectivity index (χ1n) is 4.64. The summed E-state index contributed by atoms with van der Waals surface area (Å²) in [5.74, 6) is 0.765. The second-order valence-electron chi connectivity index (χ2n) is 3.69. The van der Waals surface area contributed by atoms with E-state index in [4.69, 9.17) is 5.73 Å². The first-order chi connectivity index (χ1) is 5.63. The van der Waals surface area contributed by atoms with Crippen LogP contribution in [0.5, 0.6) is 0 Å². The molecule has 0 saturated carbocycles. The Morgan fingerprint density at radius 1 is 1.58 bits per heavy atom. The molecule has 0 aromatic rings. The Bertz CT molecular complexity index is 170. The third-order valence-corrected chi connectivity index (χ3v) is 2.59. The van der Waals surface area contributed by atoms with Crippen LogP contribution < -0.4 is 5.73 Å². The van der Waals surface area contributed by atoms with Gasteiger partial charge in [-0.3, -0.25) is 4.79 Å². The SMILES string of the molecule is CCC1CC(N)CN(C(C)=O)C1. The van der Waals surface area contributed by atoms with Crippen molar-refractivity contribution in [3.8, 4) is 0 Å². The lowest BCUT2D eigenvalue weighted by atomic mass is 9.93. The molecule has 0 radical (unpaired) electrons. The summed E-state index contributed by atoms with van der Waals surface area (Å²) in [6.45, 7) is 5.41. The van der Waals surface area contributed by atoms with E-state index in [1.807, 2.05) is 4.90 Å². The minimum atomic E-state index is 0.156. The molecule has 2 unspecified atom stereocenters. The Morgan fingerprint density at radius 2 is 2.25 bits per heavy atom. The molecule has 0 aromatic carbocycles. The van der Waals surface area contributed by atoms with Gasteiger partial charge >= 0.3 is 0 Å². The van der Waals surface area contributed by atoms with Crippen molar-refractivity contribution in [1.82, 2.24) is 4.90 Å². The van der Waals surface area contributed by atoms with E-state index in [1.165, 1.54) is 0 Å². The van der Waals surface area contributed by atoms with E-state index in [1.54, 1.807) is 6.92 Å². The molecule has 12 heavy (non-hydrogen) atoms. The number of nitrogens with zero attached hydrogens (tertiary/aromatic N) is 1. The van der Waals surface area contributed by atoms with E-state index in [2.05, 4.69) is 6.92 Å². The number of carbonyl (C=O) groups excluding carboxylic acids is 1. The predicted molar refractivity (Wildman–Crippen MR) is 48.6 cm³/mol. The highest BCUT2D eigenvalue weighted by atomic mass is 16.2. The lowest BCUT2D eigenvalue weighted by Crippen LogP contribution is -2.48. The largest absolute Gasteiger partial charge is 0.341 e. The average molecular weight is 170 g/mol. The van der Waals surface area contributed by atoms with Crippen molar-refractivity contribution in [2.24, 2.45) is 11.7 Å². The maximum absolute atomic E-state index is 11.1. The van der Waals surface area contributed by atoms with Crippen molar-refractivity contribution in [2.75, 3.05) is 13.1 Å². The summed E-state index contributed by atoms with van der Waals surface area (Å²) in [6, 6.07) is 0.188. The van der Waals surface area contributed by atoms with Crippen molar-refractivity contribution in [3.05, 3.63) is 0 Å². The fourth-order valence-corrected chi connectivity index (χ4v) is 1.80. The summed E-state index contributed by atoms with van der Waals surface area (Å²) in [5.41, 5.74) is 5.84. The molecular formula is C9H18N2O. The summed E-state index contributed by atoms with van der Waals surface area (Å²) in [6.07, 6.45) is 2.19. The van der Waals surface area contributed by atoms with Gasteiger partial charge in [-0.05, 0) is 12.3 Å². The summed E-state index contributed by atoms with van der Waals surface area (Å²) >= 11 is 0. The Labute approximate surface area is 73.9 Å². The Balaban J connectivity index is 2.51. The maximum atomic E-state index is 11.1. The lowest BCUT2D eigenvalue weighted by molar-refractivity contribution is -0.130. The van der Waals surface area contributed by atoms with E-state index in [-0.39, 0.29) is 11.9 Å². The van der Waals surface area contributed by atoms with Gasteiger partial charge in [-0.2, -0.15) is 0 Å². The van der Waals surface area contributed by atoms with Crippen LogP contribution in [0.15, 0.2) is 0 Å². The molecule has 70 valence electrons. The van der Waals surface area contributed by atoms with Crippen LogP contribution >= 0.6 is 0 Å². The number of hydrogen-bond acceptors (Lipinski definition) is 2. The zero-order valence-electron chi connectivity index (χ0n) is 7.92. The number of amides is 1. The topological polar surface area (TPSA) is 46.3 Å². The van der Waals surface area contributed by atoms with Crippen LogP contribution in [0.4, 0.5) is 0 Å². The molecule has 1 aliphatic heterocycles. The molecule has 1 saturated heterocycles. The van der Waals surface area contributed by atoms with Crippen molar-refractivity contribution < 1.29 is 4.79 Å². The van der Waals surface area contributed by atoms with E-state index in [9.17, 15) is 4.79 Å². The molecule has 3 heteroatoms. The summed E-state index contributed by atoms with van der Waals surface area (Å²) in [4.78, 5) is 12.9. The molecule has 0 spiro atoms. The molecule has 0 bridgehead atoms. The zero-order valence-corrected chi connectivity index (χ0v) is 7.92. The number of hydrogen-bond donors (Lipinski definition) is 1. The highest BCUT2D eigenvalue weighted by molar-refractivity contribution is 5.73.